The molecule has 0 saturated heterocycles. The van der Waals surface area contributed by atoms with Gasteiger partial charge < -0.3 is 10.1 Å². The van der Waals surface area contributed by atoms with E-state index >= 15 is 0 Å². The van der Waals surface area contributed by atoms with Crippen molar-refractivity contribution in [3.63, 3.8) is 0 Å². The van der Waals surface area contributed by atoms with E-state index in [1.165, 1.54) is 6.07 Å². The van der Waals surface area contributed by atoms with Crippen molar-refractivity contribution in [3.05, 3.63) is 62.8 Å². The van der Waals surface area contributed by atoms with Gasteiger partial charge in [-0.05, 0) is 36.9 Å². The third-order valence-corrected chi connectivity index (χ3v) is 3.91. The third kappa shape index (κ3) is 3.76. The zero-order valence-corrected chi connectivity index (χ0v) is 14.1. The molecule has 0 heterocycles. The zero-order valence-electron chi connectivity index (χ0n) is 11.8. The Bertz CT molecular complexity index is 636. The summed E-state index contributed by atoms with van der Waals surface area (Å²) in [5, 5.41) is 3.87. The Labute approximate surface area is 137 Å². The summed E-state index contributed by atoms with van der Waals surface area (Å²) in [4.78, 5) is 0. The van der Waals surface area contributed by atoms with Crippen LogP contribution in [-0.4, -0.2) is 13.7 Å². The lowest BCUT2D eigenvalue weighted by Gasteiger charge is -2.22. The SMILES string of the molecule is CCNC(c1ccc(Br)cc1F)c1cc(Cl)ccc1OC. The first-order valence-electron chi connectivity index (χ1n) is 6.58. The Kier molecular flexibility index (Phi) is 5.62. The molecule has 0 bridgehead atoms. The van der Waals surface area contributed by atoms with Gasteiger partial charge in [-0.25, -0.2) is 4.39 Å². The Morgan fingerprint density at radius 2 is 2.00 bits per heavy atom. The van der Waals surface area contributed by atoms with Crippen LogP contribution in [0.5, 0.6) is 5.75 Å². The number of nitrogens with one attached hydrogen (secondary N) is 1. The molecule has 0 radical (unpaired) electrons. The van der Waals surface area contributed by atoms with E-state index in [9.17, 15) is 4.39 Å². The van der Waals surface area contributed by atoms with Crippen LogP contribution in [0, 0.1) is 5.82 Å². The van der Waals surface area contributed by atoms with Crippen LogP contribution in [0.3, 0.4) is 0 Å². The van der Waals surface area contributed by atoms with Crippen molar-refractivity contribution >= 4 is 27.5 Å². The van der Waals surface area contributed by atoms with Crippen LogP contribution in [0.15, 0.2) is 40.9 Å². The molecule has 1 N–H and O–H groups in total. The number of benzene rings is 2. The van der Waals surface area contributed by atoms with Crippen molar-refractivity contribution in [2.75, 3.05) is 13.7 Å². The first-order valence-corrected chi connectivity index (χ1v) is 7.75. The van der Waals surface area contributed by atoms with Gasteiger partial charge in [0.15, 0.2) is 0 Å². The average molecular weight is 373 g/mol. The molecule has 0 fully saturated rings. The van der Waals surface area contributed by atoms with E-state index in [0.29, 0.717) is 27.4 Å². The van der Waals surface area contributed by atoms with Crippen molar-refractivity contribution in [2.24, 2.45) is 0 Å². The predicted octanol–water partition coefficient (Wildman–Crippen LogP) is 4.95. The van der Waals surface area contributed by atoms with Gasteiger partial charge in [-0.2, -0.15) is 0 Å². The van der Waals surface area contributed by atoms with Crippen molar-refractivity contribution in [1.29, 1.82) is 0 Å². The van der Waals surface area contributed by atoms with E-state index in [4.69, 9.17) is 16.3 Å². The largest absolute Gasteiger partial charge is 0.496 e. The van der Waals surface area contributed by atoms with Crippen molar-refractivity contribution in [3.8, 4) is 5.75 Å². The normalized spacial score (nSPS) is 12.2. The standard InChI is InChI=1S/C16H16BrClFNO/c1-3-20-16(12-6-4-10(17)8-14(12)19)13-9-11(18)5-7-15(13)21-2/h4-9,16,20H,3H2,1-2H3. The number of hydrogen-bond donors (Lipinski definition) is 1. The Morgan fingerprint density at radius 1 is 1.24 bits per heavy atom. The second kappa shape index (κ2) is 7.25. The summed E-state index contributed by atoms with van der Waals surface area (Å²) in [5.74, 6) is 0.394. The number of ether oxygens (including phenoxy) is 1. The Hall–Kier alpha value is -1.10. The highest BCUT2D eigenvalue weighted by Gasteiger charge is 2.21. The minimum absolute atomic E-state index is 0.280. The second-order valence-electron chi connectivity index (χ2n) is 4.54. The molecule has 1 unspecified atom stereocenters. The summed E-state index contributed by atoms with van der Waals surface area (Å²) >= 11 is 9.36. The van der Waals surface area contributed by atoms with Crippen molar-refractivity contribution in [1.82, 2.24) is 5.32 Å². The number of methoxy groups -OCH3 is 1. The van der Waals surface area contributed by atoms with Gasteiger partial charge in [0.25, 0.3) is 0 Å². The lowest BCUT2D eigenvalue weighted by molar-refractivity contribution is 0.403. The molecule has 0 spiro atoms. The molecule has 0 amide bonds. The highest BCUT2D eigenvalue weighted by molar-refractivity contribution is 9.10. The first kappa shape index (κ1) is 16.3. The molecule has 2 rings (SSSR count). The van der Waals surface area contributed by atoms with E-state index in [1.54, 1.807) is 31.4 Å². The summed E-state index contributed by atoms with van der Waals surface area (Å²) in [6.45, 7) is 2.66. The molecule has 2 nitrogen and oxygen atoms in total. The summed E-state index contributed by atoms with van der Waals surface area (Å²) in [6, 6.07) is 10.1. The van der Waals surface area contributed by atoms with Crippen LogP contribution in [0.25, 0.3) is 0 Å². The van der Waals surface area contributed by atoms with Crippen LogP contribution < -0.4 is 10.1 Å². The second-order valence-corrected chi connectivity index (χ2v) is 5.89. The molecule has 0 aliphatic heterocycles. The lowest BCUT2D eigenvalue weighted by Crippen LogP contribution is -2.23. The van der Waals surface area contributed by atoms with Gasteiger partial charge in [-0.15, -0.1) is 0 Å². The monoisotopic (exact) mass is 371 g/mol. The minimum atomic E-state index is -0.322. The quantitative estimate of drug-likeness (QED) is 0.802. The Balaban J connectivity index is 2.55. The minimum Gasteiger partial charge on any atom is -0.496 e. The first-order chi connectivity index (χ1) is 10.1. The molecule has 2 aromatic carbocycles. The van der Waals surface area contributed by atoms with Crippen LogP contribution in [0.1, 0.15) is 24.1 Å². The summed E-state index contributed by atoms with van der Waals surface area (Å²) in [6.07, 6.45) is 0. The van der Waals surface area contributed by atoms with Crippen molar-refractivity contribution < 1.29 is 9.13 Å². The van der Waals surface area contributed by atoms with E-state index < -0.39 is 0 Å². The van der Waals surface area contributed by atoms with Crippen LogP contribution in [-0.2, 0) is 0 Å². The van der Waals surface area contributed by atoms with E-state index in [0.717, 1.165) is 5.56 Å². The molecule has 1 atom stereocenters. The fourth-order valence-electron chi connectivity index (χ4n) is 2.26. The van der Waals surface area contributed by atoms with E-state index in [2.05, 4.69) is 21.2 Å². The molecule has 0 aromatic heterocycles. The van der Waals surface area contributed by atoms with Gasteiger partial charge in [0.05, 0.1) is 13.2 Å². The molecule has 21 heavy (non-hydrogen) atoms. The van der Waals surface area contributed by atoms with Crippen LogP contribution >= 0.6 is 27.5 Å². The van der Waals surface area contributed by atoms with Gasteiger partial charge in [-0.3, -0.25) is 0 Å². The van der Waals surface area contributed by atoms with E-state index in [1.807, 2.05) is 13.0 Å². The molecular weight excluding hydrogens is 357 g/mol. The third-order valence-electron chi connectivity index (χ3n) is 3.18. The molecule has 0 aliphatic rings. The average Bonchev–Trinajstić information content (AvgIpc) is 2.45. The van der Waals surface area contributed by atoms with Gasteiger partial charge in [0.1, 0.15) is 11.6 Å². The number of rotatable bonds is 5. The smallest absolute Gasteiger partial charge is 0.129 e. The van der Waals surface area contributed by atoms with Crippen LogP contribution in [0.2, 0.25) is 5.02 Å². The zero-order chi connectivity index (χ0) is 15.4. The van der Waals surface area contributed by atoms with E-state index in [-0.39, 0.29) is 11.9 Å². The molecule has 5 heteroatoms. The maximum atomic E-state index is 14.3. The number of halogens is 3. The van der Waals surface area contributed by atoms with Gasteiger partial charge >= 0.3 is 0 Å². The topological polar surface area (TPSA) is 21.3 Å². The van der Waals surface area contributed by atoms with Crippen molar-refractivity contribution in [2.45, 2.75) is 13.0 Å². The highest BCUT2D eigenvalue weighted by atomic mass is 79.9. The fourth-order valence-corrected chi connectivity index (χ4v) is 2.77. The van der Waals surface area contributed by atoms with Gasteiger partial charge in [0.2, 0.25) is 0 Å². The van der Waals surface area contributed by atoms with Gasteiger partial charge in [-0.1, -0.05) is 40.5 Å². The Morgan fingerprint density at radius 3 is 2.62 bits per heavy atom. The number of hydrogen-bond acceptors (Lipinski definition) is 2. The molecular formula is C16H16BrClFNO. The lowest BCUT2D eigenvalue weighted by atomic mass is 9.97. The predicted molar refractivity (Wildman–Crippen MR) is 87.6 cm³/mol. The highest BCUT2D eigenvalue weighted by Crippen LogP contribution is 2.34. The maximum Gasteiger partial charge on any atom is 0.129 e. The summed E-state index contributed by atoms with van der Waals surface area (Å²) in [7, 11) is 1.59. The summed E-state index contributed by atoms with van der Waals surface area (Å²) in [5.41, 5.74) is 1.37. The molecule has 112 valence electrons. The fraction of sp³-hybridized carbons (Fsp3) is 0.250. The van der Waals surface area contributed by atoms with Gasteiger partial charge in [0, 0.05) is 20.6 Å². The maximum absolute atomic E-state index is 14.3. The molecule has 0 aliphatic carbocycles. The van der Waals surface area contributed by atoms with Crippen LogP contribution in [0.4, 0.5) is 4.39 Å². The molecule has 2 aromatic rings. The molecule has 0 saturated carbocycles. The summed E-state index contributed by atoms with van der Waals surface area (Å²) < 4.78 is 20.4.